The summed E-state index contributed by atoms with van der Waals surface area (Å²) in [6.45, 7) is 4.39. The monoisotopic (exact) mass is 376 g/mol. The van der Waals surface area contributed by atoms with E-state index in [9.17, 15) is 9.18 Å². The molecule has 27 heavy (non-hydrogen) atoms. The molecule has 2 aromatic heterocycles. The Hall–Kier alpha value is -2.60. The van der Waals surface area contributed by atoms with Gasteiger partial charge < -0.3 is 10.3 Å². The number of fused-ring (bicyclic) bond motifs is 2. The Kier molecular flexibility index (Phi) is 4.52. The van der Waals surface area contributed by atoms with Crippen molar-refractivity contribution in [1.29, 1.82) is 0 Å². The maximum absolute atomic E-state index is 14.1. The van der Waals surface area contributed by atoms with Crippen molar-refractivity contribution in [2.75, 3.05) is 6.54 Å². The van der Waals surface area contributed by atoms with Crippen molar-refractivity contribution in [3.05, 3.63) is 63.9 Å². The van der Waals surface area contributed by atoms with Crippen molar-refractivity contribution in [3.8, 4) is 0 Å². The summed E-state index contributed by atoms with van der Waals surface area (Å²) >= 11 is 1.43. The third kappa shape index (κ3) is 3.25. The van der Waals surface area contributed by atoms with E-state index in [1.807, 2.05) is 38.1 Å². The molecule has 3 nitrogen and oxygen atoms in total. The van der Waals surface area contributed by atoms with E-state index in [-0.39, 0.29) is 11.7 Å². The van der Waals surface area contributed by atoms with E-state index < -0.39 is 0 Å². The third-order valence-corrected chi connectivity index (χ3v) is 5.95. The van der Waals surface area contributed by atoms with Gasteiger partial charge in [-0.3, -0.25) is 4.79 Å². The standard InChI is InChI=1S/C21H18BFN2OS/c1-11-3-6-16(23)20-19(11)15(12(2)25-20)7-8-24-21(26)18-9-13-4-5-14(22)10-17(13)27-18/h3-6,9-10,25H,7-8H2,1-2H3,(H,24,26). The molecule has 0 aliphatic rings. The van der Waals surface area contributed by atoms with E-state index in [1.165, 1.54) is 17.4 Å². The summed E-state index contributed by atoms with van der Waals surface area (Å²) in [5, 5.41) is 4.90. The van der Waals surface area contributed by atoms with E-state index in [4.69, 9.17) is 7.85 Å². The number of nitrogens with one attached hydrogen (secondary N) is 2. The highest BCUT2D eigenvalue weighted by Crippen LogP contribution is 2.28. The minimum atomic E-state index is -0.251. The van der Waals surface area contributed by atoms with Crippen molar-refractivity contribution in [2.45, 2.75) is 20.3 Å². The average molecular weight is 376 g/mol. The zero-order chi connectivity index (χ0) is 19.1. The van der Waals surface area contributed by atoms with Crippen LogP contribution in [-0.4, -0.2) is 25.3 Å². The summed E-state index contributed by atoms with van der Waals surface area (Å²) in [4.78, 5) is 16.3. The number of halogens is 1. The summed E-state index contributed by atoms with van der Waals surface area (Å²) in [5.74, 6) is -0.353. The van der Waals surface area contributed by atoms with Crippen LogP contribution in [0.15, 0.2) is 36.4 Å². The van der Waals surface area contributed by atoms with Crippen molar-refractivity contribution >= 4 is 51.5 Å². The summed E-state index contributed by atoms with van der Waals surface area (Å²) in [5.41, 5.74) is 4.24. The van der Waals surface area contributed by atoms with E-state index in [1.54, 1.807) is 6.07 Å². The first-order chi connectivity index (χ1) is 12.9. The predicted molar refractivity (Wildman–Crippen MR) is 111 cm³/mol. The number of benzene rings is 2. The minimum Gasteiger partial charge on any atom is -0.356 e. The Balaban J connectivity index is 1.51. The lowest BCUT2D eigenvalue weighted by molar-refractivity contribution is 0.0958. The molecular weight excluding hydrogens is 358 g/mol. The molecule has 0 atom stereocenters. The second-order valence-corrected chi connectivity index (χ2v) is 7.84. The highest BCUT2D eigenvalue weighted by molar-refractivity contribution is 7.20. The molecule has 6 heteroatoms. The Labute approximate surface area is 162 Å². The van der Waals surface area contributed by atoms with Gasteiger partial charge >= 0.3 is 0 Å². The molecule has 0 unspecified atom stereocenters. The van der Waals surface area contributed by atoms with Gasteiger partial charge in [-0.15, -0.1) is 11.3 Å². The average Bonchev–Trinajstić information content (AvgIpc) is 3.20. The van der Waals surface area contributed by atoms with Crippen LogP contribution in [0, 0.1) is 19.7 Å². The molecule has 0 saturated carbocycles. The molecule has 0 aliphatic heterocycles. The fourth-order valence-corrected chi connectivity index (χ4v) is 4.53. The van der Waals surface area contributed by atoms with Crippen LogP contribution < -0.4 is 10.8 Å². The van der Waals surface area contributed by atoms with E-state index in [2.05, 4.69) is 10.3 Å². The molecule has 2 radical (unpaired) electrons. The highest BCUT2D eigenvalue weighted by Gasteiger charge is 2.15. The predicted octanol–water partition coefficient (Wildman–Crippen LogP) is 3.90. The number of carbonyl (C=O) groups is 1. The van der Waals surface area contributed by atoms with Crippen LogP contribution >= 0.6 is 11.3 Å². The molecule has 0 bridgehead atoms. The largest absolute Gasteiger partial charge is 0.356 e. The van der Waals surface area contributed by atoms with Gasteiger partial charge in [-0.1, -0.05) is 29.7 Å². The Bertz CT molecular complexity index is 1180. The van der Waals surface area contributed by atoms with Crippen LogP contribution in [0.2, 0.25) is 0 Å². The number of thiophene rings is 1. The fourth-order valence-electron chi connectivity index (χ4n) is 3.50. The summed E-state index contributed by atoms with van der Waals surface area (Å²) in [6, 6.07) is 10.8. The molecule has 2 heterocycles. The summed E-state index contributed by atoms with van der Waals surface area (Å²) < 4.78 is 15.1. The summed E-state index contributed by atoms with van der Waals surface area (Å²) in [6.07, 6.45) is 0.639. The lowest BCUT2D eigenvalue weighted by atomic mass is 9.96. The number of aromatic amines is 1. The molecule has 0 saturated heterocycles. The molecule has 1 amide bonds. The normalized spacial score (nSPS) is 11.4. The highest BCUT2D eigenvalue weighted by atomic mass is 32.1. The van der Waals surface area contributed by atoms with Crippen molar-refractivity contribution < 1.29 is 9.18 Å². The molecule has 0 fully saturated rings. The second-order valence-electron chi connectivity index (χ2n) is 6.76. The van der Waals surface area contributed by atoms with Crippen LogP contribution in [0.4, 0.5) is 4.39 Å². The maximum Gasteiger partial charge on any atom is 0.261 e. The lowest BCUT2D eigenvalue weighted by Crippen LogP contribution is -2.25. The van der Waals surface area contributed by atoms with Gasteiger partial charge in [-0.05, 0) is 48.9 Å². The van der Waals surface area contributed by atoms with Crippen LogP contribution in [0.3, 0.4) is 0 Å². The van der Waals surface area contributed by atoms with Gasteiger partial charge in [-0.2, -0.15) is 0 Å². The first-order valence-corrected chi connectivity index (χ1v) is 9.59. The first-order valence-electron chi connectivity index (χ1n) is 8.77. The van der Waals surface area contributed by atoms with Gasteiger partial charge in [0.2, 0.25) is 0 Å². The quantitative estimate of drug-likeness (QED) is 0.522. The number of hydrogen-bond donors (Lipinski definition) is 2. The Morgan fingerprint density at radius 2 is 2.04 bits per heavy atom. The Morgan fingerprint density at radius 3 is 2.85 bits per heavy atom. The zero-order valence-electron chi connectivity index (χ0n) is 15.2. The van der Waals surface area contributed by atoms with Gasteiger partial charge in [0.1, 0.15) is 13.7 Å². The first kappa shape index (κ1) is 17.8. The Morgan fingerprint density at radius 1 is 1.22 bits per heavy atom. The van der Waals surface area contributed by atoms with Gasteiger partial charge in [0.05, 0.1) is 10.4 Å². The third-order valence-electron chi connectivity index (χ3n) is 4.86. The molecule has 4 aromatic rings. The minimum absolute atomic E-state index is 0.102. The number of hydrogen-bond acceptors (Lipinski definition) is 2. The van der Waals surface area contributed by atoms with Crippen LogP contribution in [0.1, 0.15) is 26.5 Å². The smallest absolute Gasteiger partial charge is 0.261 e. The number of carbonyl (C=O) groups excluding carboxylic acids is 1. The molecule has 4 rings (SSSR count). The summed E-state index contributed by atoms with van der Waals surface area (Å²) in [7, 11) is 5.80. The van der Waals surface area contributed by atoms with Gasteiger partial charge in [0, 0.05) is 22.3 Å². The van der Waals surface area contributed by atoms with Crippen molar-refractivity contribution in [2.24, 2.45) is 0 Å². The van der Waals surface area contributed by atoms with Crippen molar-refractivity contribution in [1.82, 2.24) is 10.3 Å². The molecule has 0 spiro atoms. The molecule has 134 valence electrons. The van der Waals surface area contributed by atoms with Gasteiger partial charge in [0.25, 0.3) is 5.91 Å². The second kappa shape index (κ2) is 6.85. The number of aromatic nitrogens is 1. The molecule has 0 aliphatic carbocycles. The lowest BCUT2D eigenvalue weighted by Gasteiger charge is -2.06. The maximum atomic E-state index is 14.1. The topological polar surface area (TPSA) is 44.9 Å². The van der Waals surface area contributed by atoms with E-state index >= 15 is 0 Å². The van der Waals surface area contributed by atoms with E-state index in [0.717, 1.165) is 32.3 Å². The fraction of sp³-hybridized carbons (Fsp3) is 0.190. The number of amides is 1. The van der Waals surface area contributed by atoms with Crippen LogP contribution in [0.25, 0.3) is 21.0 Å². The van der Waals surface area contributed by atoms with Crippen molar-refractivity contribution in [3.63, 3.8) is 0 Å². The SMILES string of the molecule is [B]c1ccc2cc(C(=O)NCCc3c(C)[nH]c4c(F)ccc(C)c34)sc2c1. The van der Waals surface area contributed by atoms with Crippen LogP contribution in [0.5, 0.6) is 0 Å². The molecular formula is C21H18BFN2OS. The molecule has 2 aromatic carbocycles. The number of rotatable bonds is 4. The van der Waals surface area contributed by atoms with Gasteiger partial charge in [-0.25, -0.2) is 4.39 Å². The van der Waals surface area contributed by atoms with Crippen LogP contribution in [-0.2, 0) is 6.42 Å². The van der Waals surface area contributed by atoms with Gasteiger partial charge in [0.15, 0.2) is 0 Å². The number of H-pyrrole nitrogens is 1. The van der Waals surface area contributed by atoms with E-state index in [0.29, 0.717) is 28.8 Å². The molecule has 2 N–H and O–H groups in total. The number of aryl methyl sites for hydroxylation is 2. The zero-order valence-corrected chi connectivity index (χ0v) is 16.0.